The van der Waals surface area contributed by atoms with E-state index in [1.165, 1.54) is 0 Å². The second-order valence-electron chi connectivity index (χ2n) is 11.2. The fraction of sp³-hybridized carbons (Fsp3) is 0.0312. The minimum absolute atomic E-state index is 0. The average molecular weight is 976 g/mol. The van der Waals surface area contributed by atoms with E-state index in [4.69, 9.17) is 10.9 Å². The van der Waals surface area contributed by atoms with Crippen molar-refractivity contribution in [2.75, 3.05) is 11.1 Å². The SMILES string of the molecule is CC(=O)/C(N=Nc1cc(S(N)(=O)=O)ccc1[O-])=C(/[O-])Nc1ccccc1.Nc1ccc(S(=O)(=O)[O-])c2cc(S(=O)(=O)[O-])c(N=Nc3cc([N+](=O)[O-])ccc3[O-])c([O-])c12.[Cr+3].[Na+].[Na+].[Na+]. The molecule has 0 atom stereocenters. The van der Waals surface area contributed by atoms with Crippen molar-refractivity contribution in [2.24, 2.45) is 25.6 Å². The quantitative estimate of drug-likeness (QED) is 0.0162. The first-order valence-corrected chi connectivity index (χ1v) is 19.6. The van der Waals surface area contributed by atoms with Crippen molar-refractivity contribution in [1.29, 1.82) is 0 Å². The molecule has 0 unspecified atom stereocenters. The van der Waals surface area contributed by atoms with Crippen LogP contribution in [0.15, 0.2) is 132 Å². The number of azo groups is 2. The van der Waals surface area contributed by atoms with Gasteiger partial charge < -0.3 is 40.6 Å². The molecule has 0 heterocycles. The van der Waals surface area contributed by atoms with Crippen LogP contribution in [0.1, 0.15) is 6.92 Å². The number of sulfonamides is 1. The number of allylic oxidation sites excluding steroid dienone is 1. The maximum absolute atomic E-state index is 12.9. The molecule has 0 aliphatic carbocycles. The summed E-state index contributed by atoms with van der Waals surface area (Å²) < 4.78 is 92.3. The number of Topliss-reactive ketones (excluding diaryl/α,β-unsaturated/α-hetero) is 1. The molecule has 0 saturated heterocycles. The molecule has 1 radical (unpaired) electrons. The number of ketones is 1. The number of hydrogen-bond donors (Lipinski definition) is 3. The summed E-state index contributed by atoms with van der Waals surface area (Å²) in [5.41, 5.74) is 2.45. The van der Waals surface area contributed by atoms with Crippen LogP contribution in [0.5, 0.6) is 17.2 Å². The molecular formula is C32H22CrN8Na3O15S3. The molecule has 62 heavy (non-hydrogen) atoms. The predicted molar refractivity (Wildman–Crippen MR) is 190 cm³/mol. The molecular weight excluding hydrogens is 954 g/mol. The molecule has 30 heteroatoms. The van der Waals surface area contributed by atoms with Crippen LogP contribution in [-0.2, 0) is 52.4 Å². The molecule has 0 saturated carbocycles. The molecule has 0 aliphatic rings. The van der Waals surface area contributed by atoms with Gasteiger partial charge in [0.2, 0.25) is 10.0 Å². The zero-order chi connectivity index (χ0) is 43.3. The summed E-state index contributed by atoms with van der Waals surface area (Å²) in [4.78, 5) is 19.0. The van der Waals surface area contributed by atoms with Crippen LogP contribution in [0.25, 0.3) is 10.8 Å². The number of carbonyl (C=O) groups is 1. The number of non-ortho nitro benzene ring substituents is 1. The Bertz CT molecular complexity index is 2930. The van der Waals surface area contributed by atoms with Gasteiger partial charge in [0.05, 0.1) is 36.7 Å². The molecule has 307 valence electrons. The number of fused-ring (bicyclic) bond motifs is 1. The van der Waals surface area contributed by atoms with E-state index in [1.807, 2.05) is 0 Å². The number of nitrogens with zero attached hydrogens (tertiary/aromatic N) is 5. The third kappa shape index (κ3) is 15.0. The summed E-state index contributed by atoms with van der Waals surface area (Å²) in [7, 11) is -14.7. The number of rotatable bonds is 11. The van der Waals surface area contributed by atoms with Crippen molar-refractivity contribution < 1.29 is 171 Å². The van der Waals surface area contributed by atoms with Crippen LogP contribution in [-0.4, -0.2) is 45.1 Å². The standard InChI is InChI=1S/C16H12N4O10S2.C16H16N4O5S.Cr.3Na/c17-9-2-4-12(31(25,26)27)8-6-13(32(28,29)30)15(16(22)14(8)9)19-18-10-5-7(20(23)24)1-3-11(10)21;1-10(21)15(16(23)18-11-5-3-2-4-6-11)20-19-13-9-12(26(17,24)25)7-8-14(13)22;;;;/h1-6,21-22H,17H2,(H,25,26,27)(H,28,29,30);2-9,18,22-23H,1H3,(H2,17,24,25);;;;/q;;+3;3*+1/p-6/b;16-15-,20-19?;;;;. The van der Waals surface area contributed by atoms with Crippen LogP contribution in [0.2, 0.25) is 0 Å². The number of hydrogen-bond acceptors (Lipinski definition) is 21. The first-order chi connectivity index (χ1) is 26.9. The number of primary sulfonamides is 1. The van der Waals surface area contributed by atoms with Gasteiger partial charge >= 0.3 is 106 Å². The van der Waals surface area contributed by atoms with E-state index in [2.05, 4.69) is 25.8 Å². The Labute approximate surface area is 428 Å². The second kappa shape index (κ2) is 23.9. The average Bonchev–Trinajstić information content (AvgIpc) is 3.11. The van der Waals surface area contributed by atoms with Gasteiger partial charge in [-0.15, -0.1) is 10.2 Å². The third-order valence-electron chi connectivity index (χ3n) is 7.24. The van der Waals surface area contributed by atoms with E-state index in [0.29, 0.717) is 17.8 Å². The molecule has 5 aromatic rings. The number of anilines is 2. The van der Waals surface area contributed by atoms with Crippen LogP contribution in [0, 0.1) is 10.1 Å². The Morgan fingerprint density at radius 3 is 1.81 bits per heavy atom. The molecule has 5 rings (SSSR count). The van der Waals surface area contributed by atoms with Crippen LogP contribution in [0.3, 0.4) is 0 Å². The molecule has 0 amide bonds. The summed E-state index contributed by atoms with van der Waals surface area (Å²) in [6.07, 6.45) is 0. The molecule has 5 N–H and O–H groups in total. The fourth-order valence-electron chi connectivity index (χ4n) is 4.59. The maximum atomic E-state index is 12.9. The Morgan fingerprint density at radius 1 is 0.742 bits per heavy atom. The van der Waals surface area contributed by atoms with Gasteiger partial charge in [-0.2, -0.15) is 10.2 Å². The van der Waals surface area contributed by atoms with Gasteiger partial charge in [0.15, 0.2) is 5.78 Å². The minimum atomic E-state index is -5.49. The topological polar surface area (TPSA) is 414 Å². The van der Waals surface area contributed by atoms with E-state index >= 15 is 0 Å². The normalized spacial score (nSPS) is 11.7. The van der Waals surface area contributed by atoms with Gasteiger partial charge in [-0.05, 0) is 48.3 Å². The van der Waals surface area contributed by atoms with Gasteiger partial charge in [-0.25, -0.2) is 30.4 Å². The van der Waals surface area contributed by atoms with Gasteiger partial charge in [0.1, 0.15) is 25.9 Å². The molecule has 0 aromatic heterocycles. The summed E-state index contributed by atoms with van der Waals surface area (Å²) >= 11 is 0. The third-order valence-corrected chi connectivity index (χ3v) is 9.89. The van der Waals surface area contributed by atoms with Gasteiger partial charge in [-0.1, -0.05) is 47.6 Å². The molecule has 0 spiro atoms. The van der Waals surface area contributed by atoms with E-state index in [1.54, 1.807) is 30.3 Å². The van der Waals surface area contributed by atoms with Gasteiger partial charge in [0.25, 0.3) is 5.69 Å². The summed E-state index contributed by atoms with van der Waals surface area (Å²) in [6.45, 7) is 1.11. The van der Waals surface area contributed by atoms with E-state index in [0.717, 1.165) is 49.4 Å². The van der Waals surface area contributed by atoms with Crippen LogP contribution in [0.4, 0.5) is 34.1 Å². The number of carbonyl (C=O) groups excluding carboxylic acids is 1. The first-order valence-electron chi connectivity index (χ1n) is 15.2. The number of nitrogens with two attached hydrogens (primary N) is 2. The summed E-state index contributed by atoms with van der Waals surface area (Å²) in [5, 5.41) is 79.3. The monoisotopic (exact) mass is 975 g/mol. The summed E-state index contributed by atoms with van der Waals surface area (Å²) in [6, 6.07) is 15.6. The molecule has 0 bridgehead atoms. The second-order valence-corrected chi connectivity index (χ2v) is 15.5. The zero-order valence-corrected chi connectivity index (χ0v) is 42.0. The smallest absolute Gasteiger partial charge is 0.871 e. The Hall–Kier alpha value is -3.57. The number of nitro benzene ring substituents is 1. The van der Waals surface area contributed by atoms with Crippen molar-refractivity contribution in [3.63, 3.8) is 0 Å². The van der Waals surface area contributed by atoms with Crippen LogP contribution < -0.4 is 125 Å². The summed E-state index contributed by atoms with van der Waals surface area (Å²) in [5.74, 6) is -4.40. The fourth-order valence-corrected chi connectivity index (χ4v) is 6.42. The van der Waals surface area contributed by atoms with Crippen molar-refractivity contribution >= 4 is 80.9 Å². The Morgan fingerprint density at radius 2 is 1.29 bits per heavy atom. The first kappa shape index (κ1) is 58.4. The van der Waals surface area contributed by atoms with E-state index < -0.39 is 107 Å². The van der Waals surface area contributed by atoms with Gasteiger partial charge in [0, 0.05) is 41.2 Å². The van der Waals surface area contributed by atoms with Crippen LogP contribution >= 0.6 is 0 Å². The Kier molecular flexibility index (Phi) is 22.5. The maximum Gasteiger partial charge on any atom is 3.00 e. The molecule has 23 nitrogen and oxygen atoms in total. The minimum Gasteiger partial charge on any atom is -0.871 e. The van der Waals surface area contributed by atoms with Crippen molar-refractivity contribution in [1.82, 2.24) is 0 Å². The number of nitrogen functional groups attached to an aromatic ring is 1. The number of benzene rings is 5. The molecule has 0 fully saturated rings. The van der Waals surface area contributed by atoms with Crippen molar-refractivity contribution in [2.45, 2.75) is 21.6 Å². The van der Waals surface area contributed by atoms with Crippen molar-refractivity contribution in [3.8, 4) is 17.2 Å². The molecule has 5 aromatic carbocycles. The number of nitro groups is 1. The van der Waals surface area contributed by atoms with Gasteiger partial charge in [-0.3, -0.25) is 14.9 Å². The number of nitrogens with one attached hydrogen (secondary N) is 1. The van der Waals surface area contributed by atoms with E-state index in [-0.39, 0.29) is 122 Å². The van der Waals surface area contributed by atoms with Crippen molar-refractivity contribution in [3.05, 3.63) is 107 Å². The zero-order valence-electron chi connectivity index (χ0n) is 32.2. The van der Waals surface area contributed by atoms with E-state index in [9.17, 15) is 69.7 Å². The Balaban J connectivity index is 0.00000115. The molecule has 0 aliphatic heterocycles. The predicted octanol–water partition coefficient (Wildman–Crippen LogP) is -7.57. The largest absolute Gasteiger partial charge is 3.00 e. The number of para-hydroxylation sites is 1.